The molecule has 0 aliphatic heterocycles. The van der Waals surface area contributed by atoms with Gasteiger partial charge in [0.05, 0.1) is 12.0 Å². The van der Waals surface area contributed by atoms with E-state index < -0.39 is 0 Å². The molecule has 25 heavy (non-hydrogen) atoms. The van der Waals surface area contributed by atoms with Crippen LogP contribution in [-0.4, -0.2) is 28.3 Å². The van der Waals surface area contributed by atoms with E-state index in [-0.39, 0.29) is 11.9 Å². The van der Waals surface area contributed by atoms with Gasteiger partial charge in [0.25, 0.3) is 5.91 Å². The predicted molar refractivity (Wildman–Crippen MR) is 94.3 cm³/mol. The van der Waals surface area contributed by atoms with Crippen LogP contribution in [0.15, 0.2) is 59.2 Å². The van der Waals surface area contributed by atoms with Crippen LogP contribution in [0.2, 0.25) is 0 Å². The van der Waals surface area contributed by atoms with Crippen molar-refractivity contribution in [2.45, 2.75) is 18.9 Å². The third kappa shape index (κ3) is 3.34. The summed E-state index contributed by atoms with van der Waals surface area (Å²) in [4.78, 5) is 12.7. The third-order valence-electron chi connectivity index (χ3n) is 4.44. The lowest BCUT2D eigenvalue weighted by molar-refractivity contribution is 0.0942. The third-order valence-corrected chi connectivity index (χ3v) is 4.44. The van der Waals surface area contributed by atoms with Crippen molar-refractivity contribution in [1.29, 1.82) is 0 Å². The van der Waals surface area contributed by atoms with E-state index in [0.29, 0.717) is 29.6 Å². The van der Waals surface area contributed by atoms with E-state index in [2.05, 4.69) is 10.4 Å². The van der Waals surface area contributed by atoms with Crippen molar-refractivity contribution in [1.82, 2.24) is 15.1 Å². The van der Waals surface area contributed by atoms with E-state index in [9.17, 15) is 4.79 Å². The van der Waals surface area contributed by atoms with Crippen LogP contribution in [0.3, 0.4) is 0 Å². The number of nitrogens with zero attached hydrogens (tertiary/aromatic N) is 2. The van der Waals surface area contributed by atoms with Crippen molar-refractivity contribution in [2.75, 3.05) is 6.54 Å². The minimum atomic E-state index is -0.190. The Morgan fingerprint density at radius 3 is 2.76 bits per heavy atom. The zero-order valence-electron chi connectivity index (χ0n) is 13.8. The molecule has 1 aliphatic rings. The van der Waals surface area contributed by atoms with Gasteiger partial charge in [0.15, 0.2) is 5.76 Å². The van der Waals surface area contributed by atoms with E-state index in [1.54, 1.807) is 23.1 Å². The minimum Gasteiger partial charge on any atom is -0.463 e. The zero-order chi connectivity index (χ0) is 17.2. The van der Waals surface area contributed by atoms with Crippen molar-refractivity contribution in [2.24, 2.45) is 11.7 Å². The van der Waals surface area contributed by atoms with Crippen LogP contribution in [0.25, 0.3) is 17.1 Å². The number of benzene rings is 1. The lowest BCUT2D eigenvalue weighted by Gasteiger charge is -2.12. The second-order valence-electron chi connectivity index (χ2n) is 6.35. The molecule has 3 aromatic rings. The van der Waals surface area contributed by atoms with Gasteiger partial charge in [0.1, 0.15) is 11.4 Å². The van der Waals surface area contributed by atoms with Gasteiger partial charge in [-0.15, -0.1) is 0 Å². The van der Waals surface area contributed by atoms with Gasteiger partial charge < -0.3 is 15.5 Å². The van der Waals surface area contributed by atoms with E-state index >= 15 is 0 Å². The maximum absolute atomic E-state index is 12.7. The van der Waals surface area contributed by atoms with Crippen LogP contribution < -0.4 is 11.1 Å². The van der Waals surface area contributed by atoms with Gasteiger partial charge in [-0.3, -0.25) is 4.79 Å². The monoisotopic (exact) mass is 336 g/mol. The summed E-state index contributed by atoms with van der Waals surface area (Å²) >= 11 is 0. The molecule has 3 N–H and O–H groups in total. The highest BCUT2D eigenvalue weighted by Gasteiger charge is 2.29. The van der Waals surface area contributed by atoms with Crippen molar-refractivity contribution in [3.8, 4) is 17.1 Å². The Hall–Kier alpha value is -2.86. The highest BCUT2D eigenvalue weighted by atomic mass is 16.3. The van der Waals surface area contributed by atoms with E-state index in [1.807, 2.05) is 36.4 Å². The summed E-state index contributed by atoms with van der Waals surface area (Å²) in [5.74, 6) is 0.974. The average Bonchev–Trinajstić information content (AvgIpc) is 3.18. The summed E-state index contributed by atoms with van der Waals surface area (Å²) in [7, 11) is 0. The second-order valence-corrected chi connectivity index (χ2v) is 6.35. The largest absolute Gasteiger partial charge is 0.463 e. The molecule has 6 nitrogen and oxygen atoms in total. The second kappa shape index (κ2) is 6.57. The number of nitrogens with two attached hydrogens (primary N) is 1. The average molecular weight is 336 g/mol. The zero-order valence-corrected chi connectivity index (χ0v) is 13.8. The molecule has 0 radical (unpaired) electrons. The molecule has 0 saturated heterocycles. The van der Waals surface area contributed by atoms with Crippen molar-refractivity contribution in [3.63, 3.8) is 0 Å². The number of hydrogen-bond donors (Lipinski definition) is 2. The maximum Gasteiger partial charge on any atom is 0.270 e. The molecule has 4 rings (SSSR count). The van der Waals surface area contributed by atoms with Gasteiger partial charge >= 0.3 is 0 Å². The Kier molecular flexibility index (Phi) is 4.11. The summed E-state index contributed by atoms with van der Waals surface area (Å²) in [5.41, 5.74) is 7.98. The van der Waals surface area contributed by atoms with Crippen molar-refractivity contribution < 1.29 is 9.21 Å². The number of furan rings is 1. The van der Waals surface area contributed by atoms with E-state index in [4.69, 9.17) is 10.2 Å². The van der Waals surface area contributed by atoms with Gasteiger partial charge in [-0.1, -0.05) is 18.2 Å². The predicted octanol–water partition coefficient (Wildman–Crippen LogP) is 2.60. The summed E-state index contributed by atoms with van der Waals surface area (Å²) in [6.45, 7) is 0.472. The first kappa shape index (κ1) is 15.7. The van der Waals surface area contributed by atoms with Gasteiger partial charge in [-0.05, 0) is 43.0 Å². The van der Waals surface area contributed by atoms with Crippen molar-refractivity contribution in [3.05, 3.63) is 60.5 Å². The number of nitrogens with one attached hydrogen (secondary N) is 1. The molecule has 6 heteroatoms. The van der Waals surface area contributed by atoms with Crippen LogP contribution in [0.5, 0.6) is 0 Å². The lowest BCUT2D eigenvalue weighted by atomic mass is 10.2. The number of aromatic nitrogens is 2. The highest BCUT2D eigenvalue weighted by molar-refractivity contribution is 5.94. The fourth-order valence-corrected chi connectivity index (χ4v) is 2.85. The number of hydrogen-bond acceptors (Lipinski definition) is 4. The summed E-state index contributed by atoms with van der Waals surface area (Å²) < 4.78 is 7.05. The Bertz CT molecular complexity index is 851. The van der Waals surface area contributed by atoms with Gasteiger partial charge in [-0.2, -0.15) is 5.10 Å². The Labute approximate surface area is 145 Å². The molecule has 128 valence electrons. The summed E-state index contributed by atoms with van der Waals surface area (Å²) in [6.07, 6.45) is 3.90. The minimum absolute atomic E-state index is 0.0154. The van der Waals surface area contributed by atoms with Crippen LogP contribution in [0, 0.1) is 5.92 Å². The molecule has 1 saturated carbocycles. The SMILES string of the molecule is NC(CNC(=O)c1cc(-c2ccco2)nn1-c1ccccc1)C1CC1. The summed E-state index contributed by atoms with van der Waals surface area (Å²) in [6, 6.07) is 14.9. The number of rotatable bonds is 6. The molecular formula is C19H20N4O2. The van der Waals surface area contributed by atoms with Crippen molar-refractivity contribution >= 4 is 5.91 Å². The maximum atomic E-state index is 12.7. The van der Waals surface area contributed by atoms with E-state index in [0.717, 1.165) is 18.5 Å². The Morgan fingerprint density at radius 1 is 1.28 bits per heavy atom. The van der Waals surface area contributed by atoms with Gasteiger partial charge in [0, 0.05) is 18.7 Å². The molecule has 0 bridgehead atoms. The van der Waals surface area contributed by atoms with E-state index in [1.165, 1.54) is 0 Å². The van der Waals surface area contributed by atoms with Crippen LogP contribution in [0.1, 0.15) is 23.3 Å². The molecular weight excluding hydrogens is 316 g/mol. The molecule has 0 spiro atoms. The molecule has 1 amide bonds. The fraction of sp³-hybridized carbons (Fsp3) is 0.263. The number of carbonyl (C=O) groups excluding carboxylic acids is 1. The number of para-hydroxylation sites is 1. The topological polar surface area (TPSA) is 86.1 Å². The standard InChI is InChI=1S/C19H20N4O2/c20-15(13-8-9-13)12-21-19(24)17-11-16(18-7-4-10-25-18)22-23(17)14-5-2-1-3-6-14/h1-7,10-11,13,15H,8-9,12,20H2,(H,21,24). The van der Waals surface area contributed by atoms with Gasteiger partial charge in [-0.25, -0.2) is 4.68 Å². The first-order valence-electron chi connectivity index (χ1n) is 8.45. The smallest absolute Gasteiger partial charge is 0.270 e. The van der Waals surface area contributed by atoms with Gasteiger partial charge in [0.2, 0.25) is 0 Å². The molecule has 2 heterocycles. The Morgan fingerprint density at radius 2 is 2.08 bits per heavy atom. The van der Waals surface area contributed by atoms with Crippen LogP contribution >= 0.6 is 0 Å². The molecule has 1 aromatic carbocycles. The van der Waals surface area contributed by atoms with Crippen LogP contribution in [0.4, 0.5) is 0 Å². The molecule has 1 unspecified atom stereocenters. The molecule has 1 aliphatic carbocycles. The Balaban J connectivity index is 1.63. The fourth-order valence-electron chi connectivity index (χ4n) is 2.85. The number of amides is 1. The quantitative estimate of drug-likeness (QED) is 0.724. The van der Waals surface area contributed by atoms with Crippen LogP contribution in [-0.2, 0) is 0 Å². The summed E-state index contributed by atoms with van der Waals surface area (Å²) in [5, 5.41) is 7.48. The molecule has 2 aromatic heterocycles. The lowest BCUT2D eigenvalue weighted by Crippen LogP contribution is -2.39. The molecule has 1 fully saturated rings. The number of carbonyl (C=O) groups is 1. The first-order valence-corrected chi connectivity index (χ1v) is 8.45. The normalized spacial score (nSPS) is 15.1. The molecule has 1 atom stereocenters. The first-order chi connectivity index (χ1) is 12.2. The highest BCUT2D eigenvalue weighted by Crippen LogP contribution is 2.31.